The first-order chi connectivity index (χ1) is 31.2. The van der Waals surface area contributed by atoms with Gasteiger partial charge < -0.3 is 4.57 Å². The summed E-state index contributed by atoms with van der Waals surface area (Å²) >= 11 is 0. The molecule has 0 saturated carbocycles. The molecule has 4 heteroatoms. The van der Waals surface area contributed by atoms with Gasteiger partial charge in [0.15, 0.2) is 5.82 Å². The van der Waals surface area contributed by atoms with Crippen LogP contribution in [0, 0.1) is 0 Å². The zero-order chi connectivity index (χ0) is 41.7. The number of fused-ring (bicyclic) bond motifs is 7. The fraction of sp³-hybridized carbons (Fsp3) is 0. The van der Waals surface area contributed by atoms with Crippen molar-refractivity contribution in [1.29, 1.82) is 0 Å². The molecule has 0 aliphatic heterocycles. The molecule has 0 fully saturated rings. The summed E-state index contributed by atoms with van der Waals surface area (Å²) in [7, 11) is 0. The summed E-state index contributed by atoms with van der Waals surface area (Å²) < 4.78 is 2.39. The molecule has 0 atom stereocenters. The van der Waals surface area contributed by atoms with Crippen LogP contribution in [0.25, 0.3) is 117 Å². The van der Waals surface area contributed by atoms with E-state index in [1.807, 2.05) is 36.4 Å². The Labute approximate surface area is 365 Å². The average Bonchev–Trinajstić information content (AvgIpc) is 3.71. The SMILES string of the molecule is c1ccc(-c2cc(-c3ccc(-c4ccc(-c5cccc6nc(-c7ccccc7)c7c(ccc8c7c7ccccc7n8-c7ccccc7)c56)cc4)cc3)nc(-c3ccccc3)n2)cc1. The van der Waals surface area contributed by atoms with Crippen molar-refractivity contribution in [3.05, 3.63) is 231 Å². The van der Waals surface area contributed by atoms with Gasteiger partial charge in [0.25, 0.3) is 0 Å². The van der Waals surface area contributed by atoms with E-state index in [0.717, 1.165) is 89.1 Å². The maximum Gasteiger partial charge on any atom is 0.160 e. The molecule has 3 heterocycles. The van der Waals surface area contributed by atoms with Crippen molar-refractivity contribution in [1.82, 2.24) is 19.5 Å². The highest BCUT2D eigenvalue weighted by molar-refractivity contribution is 6.29. The van der Waals surface area contributed by atoms with Crippen LogP contribution in [-0.2, 0) is 0 Å². The van der Waals surface area contributed by atoms with Crippen LogP contribution in [0.2, 0.25) is 0 Å². The van der Waals surface area contributed by atoms with Crippen molar-refractivity contribution < 1.29 is 0 Å². The summed E-state index contributed by atoms with van der Waals surface area (Å²) in [6.45, 7) is 0. The molecule has 12 aromatic rings. The molecular formula is C59H38N4. The maximum atomic E-state index is 5.52. The number of benzene rings is 9. The lowest BCUT2D eigenvalue weighted by molar-refractivity contribution is 1.18. The van der Waals surface area contributed by atoms with Gasteiger partial charge in [-0.25, -0.2) is 15.0 Å². The Balaban J connectivity index is 0.969. The van der Waals surface area contributed by atoms with Gasteiger partial charge in [-0.05, 0) is 64.0 Å². The van der Waals surface area contributed by atoms with E-state index in [9.17, 15) is 0 Å². The first-order valence-electron chi connectivity index (χ1n) is 21.4. The van der Waals surface area contributed by atoms with Gasteiger partial charge in [0.1, 0.15) is 0 Å². The molecule has 294 valence electrons. The van der Waals surface area contributed by atoms with E-state index >= 15 is 0 Å². The second-order valence-electron chi connectivity index (χ2n) is 15.9. The van der Waals surface area contributed by atoms with E-state index in [1.54, 1.807) is 0 Å². The summed E-state index contributed by atoms with van der Waals surface area (Å²) in [5, 5.41) is 5.92. The van der Waals surface area contributed by atoms with Gasteiger partial charge in [0, 0.05) is 49.5 Å². The summed E-state index contributed by atoms with van der Waals surface area (Å²) in [5.74, 6) is 0.711. The van der Waals surface area contributed by atoms with Crippen LogP contribution >= 0.6 is 0 Å². The number of nitrogens with zero attached hydrogens (tertiary/aromatic N) is 4. The fourth-order valence-corrected chi connectivity index (χ4v) is 9.25. The lowest BCUT2D eigenvalue weighted by atomic mass is 9.91. The average molecular weight is 803 g/mol. The third-order valence-corrected chi connectivity index (χ3v) is 12.2. The highest BCUT2D eigenvalue weighted by Crippen LogP contribution is 2.45. The number of para-hydroxylation sites is 2. The largest absolute Gasteiger partial charge is 0.309 e. The first-order valence-corrected chi connectivity index (χ1v) is 21.4. The Bertz CT molecular complexity index is 3560. The van der Waals surface area contributed by atoms with Gasteiger partial charge in [0.05, 0.1) is 33.6 Å². The van der Waals surface area contributed by atoms with Crippen molar-refractivity contribution >= 4 is 43.5 Å². The second-order valence-corrected chi connectivity index (χ2v) is 15.9. The summed E-state index contributed by atoms with van der Waals surface area (Å²) in [4.78, 5) is 15.5. The second kappa shape index (κ2) is 15.2. The molecule has 0 N–H and O–H groups in total. The van der Waals surface area contributed by atoms with Gasteiger partial charge in [-0.15, -0.1) is 0 Å². The van der Waals surface area contributed by atoms with Crippen LogP contribution in [0.1, 0.15) is 0 Å². The molecule has 0 saturated heterocycles. The number of rotatable bonds is 7. The highest BCUT2D eigenvalue weighted by Gasteiger charge is 2.21. The summed E-state index contributed by atoms with van der Waals surface area (Å²) in [6.07, 6.45) is 0. The number of hydrogen-bond donors (Lipinski definition) is 0. The molecule has 3 aromatic heterocycles. The molecule has 0 radical (unpaired) electrons. The van der Waals surface area contributed by atoms with Crippen LogP contribution in [0.3, 0.4) is 0 Å². The minimum atomic E-state index is 0.711. The number of aromatic nitrogens is 4. The predicted octanol–water partition coefficient (Wildman–Crippen LogP) is 15.3. The van der Waals surface area contributed by atoms with Crippen molar-refractivity contribution in [2.24, 2.45) is 0 Å². The molecular weight excluding hydrogens is 765 g/mol. The van der Waals surface area contributed by atoms with E-state index < -0.39 is 0 Å². The predicted molar refractivity (Wildman–Crippen MR) is 262 cm³/mol. The molecule has 0 unspecified atom stereocenters. The van der Waals surface area contributed by atoms with E-state index in [0.29, 0.717) is 5.82 Å². The zero-order valence-electron chi connectivity index (χ0n) is 34.2. The quantitative estimate of drug-likeness (QED) is 0.151. The Morgan fingerprint density at radius 1 is 0.302 bits per heavy atom. The van der Waals surface area contributed by atoms with Crippen LogP contribution in [0.15, 0.2) is 231 Å². The highest BCUT2D eigenvalue weighted by atomic mass is 15.0. The fourth-order valence-electron chi connectivity index (χ4n) is 9.25. The Morgan fingerprint density at radius 2 is 0.841 bits per heavy atom. The lowest BCUT2D eigenvalue weighted by Crippen LogP contribution is -1.95. The molecule has 63 heavy (non-hydrogen) atoms. The van der Waals surface area contributed by atoms with Crippen molar-refractivity contribution in [3.8, 4) is 73.1 Å². The molecule has 0 amide bonds. The molecule has 0 aliphatic rings. The van der Waals surface area contributed by atoms with E-state index in [4.69, 9.17) is 15.0 Å². The molecule has 0 aliphatic carbocycles. The van der Waals surface area contributed by atoms with Crippen LogP contribution in [0.4, 0.5) is 0 Å². The minimum Gasteiger partial charge on any atom is -0.309 e. The molecule has 0 bridgehead atoms. The summed E-state index contributed by atoms with van der Waals surface area (Å²) in [6, 6.07) is 81.4. The molecule has 0 spiro atoms. The molecule has 4 nitrogen and oxygen atoms in total. The van der Waals surface area contributed by atoms with Crippen LogP contribution in [-0.4, -0.2) is 19.5 Å². The third kappa shape index (κ3) is 6.36. The van der Waals surface area contributed by atoms with Crippen molar-refractivity contribution in [2.75, 3.05) is 0 Å². The third-order valence-electron chi connectivity index (χ3n) is 12.2. The smallest absolute Gasteiger partial charge is 0.160 e. The number of hydrogen-bond acceptors (Lipinski definition) is 3. The van der Waals surface area contributed by atoms with Crippen molar-refractivity contribution in [2.45, 2.75) is 0 Å². The first kappa shape index (κ1) is 36.4. The molecule has 12 rings (SSSR count). The standard InChI is InChI=1S/C59H38N4/c1-5-16-42(17-6-1)51-38-52(62-59(61-51)45-20-9-3-10-21-45)43-34-30-40(31-35-43)39-28-32-41(33-29-39)47-25-15-26-50-55(47)49-36-37-54-56(57(49)58(60-50)44-18-7-2-8-19-44)48-24-13-14-27-53(48)63(54)46-22-11-4-12-23-46/h1-38H. The van der Waals surface area contributed by atoms with Crippen LogP contribution < -0.4 is 0 Å². The monoisotopic (exact) mass is 802 g/mol. The van der Waals surface area contributed by atoms with E-state index in [1.165, 1.54) is 21.7 Å². The number of pyridine rings is 1. The van der Waals surface area contributed by atoms with Gasteiger partial charge >= 0.3 is 0 Å². The zero-order valence-corrected chi connectivity index (χ0v) is 34.2. The van der Waals surface area contributed by atoms with Gasteiger partial charge in [-0.1, -0.05) is 194 Å². The van der Waals surface area contributed by atoms with E-state index in [-0.39, 0.29) is 0 Å². The Kier molecular flexibility index (Phi) is 8.79. The van der Waals surface area contributed by atoms with Gasteiger partial charge in [0.2, 0.25) is 0 Å². The molecule has 9 aromatic carbocycles. The van der Waals surface area contributed by atoms with Crippen molar-refractivity contribution in [3.63, 3.8) is 0 Å². The normalized spacial score (nSPS) is 11.5. The minimum absolute atomic E-state index is 0.711. The Morgan fingerprint density at radius 3 is 1.51 bits per heavy atom. The van der Waals surface area contributed by atoms with Crippen LogP contribution in [0.5, 0.6) is 0 Å². The summed E-state index contributed by atoms with van der Waals surface area (Å²) in [5.41, 5.74) is 16.0. The lowest BCUT2D eigenvalue weighted by Gasteiger charge is -2.16. The maximum absolute atomic E-state index is 5.52. The Hall–Kier alpha value is -8.47. The topological polar surface area (TPSA) is 43.6 Å². The van der Waals surface area contributed by atoms with Gasteiger partial charge in [-0.3, -0.25) is 0 Å². The van der Waals surface area contributed by atoms with Gasteiger partial charge in [-0.2, -0.15) is 0 Å². The van der Waals surface area contributed by atoms with E-state index in [2.05, 4.69) is 199 Å².